The second-order valence-corrected chi connectivity index (χ2v) is 5.85. The minimum absolute atomic E-state index is 0.989. The van der Waals surface area contributed by atoms with Crippen molar-refractivity contribution in [2.24, 2.45) is 0 Å². The first kappa shape index (κ1) is 13.5. The van der Waals surface area contributed by atoms with Crippen LogP contribution >= 0.6 is 22.6 Å². The van der Waals surface area contributed by atoms with Crippen LogP contribution in [0.1, 0.15) is 6.42 Å². The molecule has 0 unspecified atom stereocenters. The van der Waals surface area contributed by atoms with Crippen LogP contribution in [-0.2, 0) is 0 Å². The Kier molecular flexibility index (Phi) is 4.77. The van der Waals surface area contributed by atoms with E-state index in [0.717, 1.165) is 25.0 Å². The lowest BCUT2D eigenvalue weighted by atomic mass is 10.2. The molecule has 96 valence electrons. The first-order valence-electron chi connectivity index (χ1n) is 6.10. The third-order valence-electron chi connectivity index (χ3n) is 2.80. The fraction of sp³-hybridized carbons (Fsp3) is 0.357. The van der Waals surface area contributed by atoms with Crippen molar-refractivity contribution in [3.63, 3.8) is 0 Å². The van der Waals surface area contributed by atoms with Crippen molar-refractivity contribution in [2.75, 3.05) is 32.5 Å². The van der Waals surface area contributed by atoms with Crippen molar-refractivity contribution in [1.82, 2.24) is 9.88 Å². The highest BCUT2D eigenvalue weighted by atomic mass is 127. The van der Waals surface area contributed by atoms with Gasteiger partial charge in [-0.1, -0.05) is 0 Å². The van der Waals surface area contributed by atoms with Crippen molar-refractivity contribution in [3.8, 4) is 0 Å². The van der Waals surface area contributed by atoms with Gasteiger partial charge in [-0.05, 0) is 73.9 Å². The lowest BCUT2D eigenvalue weighted by Gasteiger charge is -2.12. The number of halogens is 1. The van der Waals surface area contributed by atoms with Crippen LogP contribution in [0.25, 0.3) is 10.9 Å². The zero-order valence-corrected chi connectivity index (χ0v) is 12.9. The molecule has 0 saturated carbocycles. The number of pyridine rings is 1. The molecule has 18 heavy (non-hydrogen) atoms. The Bertz CT molecular complexity index is 525. The van der Waals surface area contributed by atoms with E-state index in [0.29, 0.717) is 0 Å². The summed E-state index contributed by atoms with van der Waals surface area (Å²) in [5, 5.41) is 4.69. The Morgan fingerprint density at radius 1 is 1.28 bits per heavy atom. The molecule has 1 aromatic heterocycles. The van der Waals surface area contributed by atoms with Gasteiger partial charge in [0.05, 0.1) is 5.52 Å². The van der Waals surface area contributed by atoms with Crippen LogP contribution in [-0.4, -0.2) is 37.1 Å². The first-order chi connectivity index (χ1) is 8.66. The number of hydrogen-bond donors (Lipinski definition) is 1. The molecule has 0 aliphatic carbocycles. The van der Waals surface area contributed by atoms with Crippen LogP contribution in [0.4, 0.5) is 5.69 Å². The summed E-state index contributed by atoms with van der Waals surface area (Å²) < 4.78 is 1.22. The molecular formula is C14H18IN3. The molecule has 0 spiro atoms. The Labute approximate surface area is 122 Å². The van der Waals surface area contributed by atoms with Gasteiger partial charge in [-0.25, -0.2) is 0 Å². The molecule has 0 fully saturated rings. The minimum atomic E-state index is 0.989. The average molecular weight is 355 g/mol. The molecular weight excluding hydrogens is 337 g/mol. The van der Waals surface area contributed by atoms with Gasteiger partial charge >= 0.3 is 0 Å². The number of rotatable bonds is 5. The Morgan fingerprint density at radius 3 is 2.89 bits per heavy atom. The second-order valence-electron chi connectivity index (χ2n) is 4.60. The fourth-order valence-corrected chi connectivity index (χ4v) is 2.37. The summed E-state index contributed by atoms with van der Waals surface area (Å²) in [6.45, 7) is 2.09. The summed E-state index contributed by atoms with van der Waals surface area (Å²) in [7, 11) is 4.20. The summed E-state index contributed by atoms with van der Waals surface area (Å²) >= 11 is 2.32. The van der Waals surface area contributed by atoms with Crippen LogP contribution in [0.5, 0.6) is 0 Å². The van der Waals surface area contributed by atoms with Gasteiger partial charge in [0.1, 0.15) is 0 Å². The van der Waals surface area contributed by atoms with Crippen molar-refractivity contribution in [2.45, 2.75) is 6.42 Å². The number of hydrogen-bond acceptors (Lipinski definition) is 3. The van der Waals surface area contributed by atoms with Crippen molar-refractivity contribution in [3.05, 3.63) is 34.0 Å². The molecule has 2 rings (SSSR count). The zero-order valence-electron chi connectivity index (χ0n) is 10.8. The summed E-state index contributed by atoms with van der Waals surface area (Å²) in [5.41, 5.74) is 2.23. The van der Waals surface area contributed by atoms with E-state index in [1.165, 1.54) is 14.6 Å². The molecule has 1 heterocycles. The number of nitrogens with zero attached hydrogens (tertiary/aromatic N) is 2. The Balaban J connectivity index is 2.08. The highest BCUT2D eigenvalue weighted by Crippen LogP contribution is 2.23. The smallest absolute Gasteiger partial charge is 0.0733 e. The highest BCUT2D eigenvalue weighted by Gasteiger charge is 2.01. The number of benzene rings is 1. The van der Waals surface area contributed by atoms with Gasteiger partial charge in [-0.2, -0.15) is 0 Å². The predicted molar refractivity (Wildman–Crippen MR) is 86.1 cm³/mol. The summed E-state index contributed by atoms with van der Waals surface area (Å²) in [5.74, 6) is 0. The summed E-state index contributed by atoms with van der Waals surface area (Å²) in [6, 6.07) is 8.42. The highest BCUT2D eigenvalue weighted by molar-refractivity contribution is 14.1. The quantitative estimate of drug-likeness (QED) is 0.660. The van der Waals surface area contributed by atoms with Gasteiger partial charge in [-0.15, -0.1) is 0 Å². The van der Waals surface area contributed by atoms with Gasteiger partial charge in [-0.3, -0.25) is 4.98 Å². The molecule has 0 aliphatic rings. The SMILES string of the molecule is CN(C)CCCNc1ccnc2cc(I)ccc12. The van der Waals surface area contributed by atoms with Gasteiger partial charge in [0, 0.05) is 27.4 Å². The van der Waals surface area contributed by atoms with E-state index in [9.17, 15) is 0 Å². The molecule has 4 heteroatoms. The van der Waals surface area contributed by atoms with Gasteiger partial charge in [0.25, 0.3) is 0 Å². The maximum atomic E-state index is 4.41. The summed E-state index contributed by atoms with van der Waals surface area (Å²) in [4.78, 5) is 6.61. The van der Waals surface area contributed by atoms with E-state index in [1.54, 1.807) is 0 Å². The molecule has 0 radical (unpaired) electrons. The molecule has 1 N–H and O–H groups in total. The van der Waals surface area contributed by atoms with E-state index in [1.807, 2.05) is 12.3 Å². The molecule has 0 aliphatic heterocycles. The third-order valence-corrected chi connectivity index (χ3v) is 3.47. The minimum Gasteiger partial charge on any atom is -0.384 e. The average Bonchev–Trinajstić information content (AvgIpc) is 2.34. The summed E-state index contributed by atoms with van der Waals surface area (Å²) in [6.07, 6.45) is 3.01. The number of anilines is 1. The normalized spacial score (nSPS) is 11.1. The van der Waals surface area contributed by atoms with E-state index >= 15 is 0 Å². The van der Waals surface area contributed by atoms with Gasteiger partial charge in [0.2, 0.25) is 0 Å². The van der Waals surface area contributed by atoms with Crippen LogP contribution in [0.15, 0.2) is 30.5 Å². The van der Waals surface area contributed by atoms with Crippen LogP contribution in [0, 0.1) is 3.57 Å². The van der Waals surface area contributed by atoms with Gasteiger partial charge < -0.3 is 10.2 Å². The third kappa shape index (κ3) is 3.55. The van der Waals surface area contributed by atoms with Crippen molar-refractivity contribution < 1.29 is 0 Å². The van der Waals surface area contributed by atoms with E-state index in [-0.39, 0.29) is 0 Å². The van der Waals surface area contributed by atoms with Crippen molar-refractivity contribution in [1.29, 1.82) is 0 Å². The zero-order chi connectivity index (χ0) is 13.0. The van der Waals surface area contributed by atoms with Crippen molar-refractivity contribution >= 4 is 39.2 Å². The van der Waals surface area contributed by atoms with Crippen LogP contribution < -0.4 is 5.32 Å². The number of fused-ring (bicyclic) bond motifs is 1. The first-order valence-corrected chi connectivity index (χ1v) is 7.17. The number of aromatic nitrogens is 1. The van der Waals surface area contributed by atoms with Crippen LogP contribution in [0.2, 0.25) is 0 Å². The van der Waals surface area contributed by atoms with Crippen LogP contribution in [0.3, 0.4) is 0 Å². The topological polar surface area (TPSA) is 28.2 Å². The van der Waals surface area contributed by atoms with E-state index in [4.69, 9.17) is 0 Å². The standard InChI is InChI=1S/C14H18IN3/c1-18(2)9-3-7-16-13-6-8-17-14-10-11(15)4-5-12(13)14/h4-6,8,10H,3,7,9H2,1-2H3,(H,16,17). The molecule has 3 nitrogen and oxygen atoms in total. The van der Waals surface area contributed by atoms with E-state index in [2.05, 4.69) is 70.1 Å². The Morgan fingerprint density at radius 2 is 2.11 bits per heavy atom. The monoisotopic (exact) mass is 355 g/mol. The lowest BCUT2D eigenvalue weighted by molar-refractivity contribution is 0.405. The molecule has 2 aromatic rings. The molecule has 0 atom stereocenters. The maximum absolute atomic E-state index is 4.41. The molecule has 0 bridgehead atoms. The molecule has 0 amide bonds. The fourth-order valence-electron chi connectivity index (χ4n) is 1.89. The second kappa shape index (κ2) is 6.33. The number of nitrogens with one attached hydrogen (secondary N) is 1. The molecule has 1 aromatic carbocycles. The van der Waals surface area contributed by atoms with E-state index < -0.39 is 0 Å². The maximum Gasteiger partial charge on any atom is 0.0733 e. The lowest BCUT2D eigenvalue weighted by Crippen LogP contribution is -2.16. The predicted octanol–water partition coefficient (Wildman–Crippen LogP) is 3.20. The molecule has 0 saturated heterocycles. The largest absolute Gasteiger partial charge is 0.384 e. The van der Waals surface area contributed by atoms with Gasteiger partial charge in [0.15, 0.2) is 0 Å². The Hall–Kier alpha value is -0.880.